The number of rotatable bonds is 3. The van der Waals surface area contributed by atoms with Crippen molar-refractivity contribution in [1.29, 1.82) is 0 Å². The quantitative estimate of drug-likeness (QED) is 0.783. The Morgan fingerprint density at radius 2 is 1.68 bits per heavy atom. The second-order valence-electron chi connectivity index (χ2n) is 6.94. The van der Waals surface area contributed by atoms with E-state index < -0.39 is 5.25 Å². The second kappa shape index (κ2) is 8.06. The van der Waals surface area contributed by atoms with Gasteiger partial charge in [-0.25, -0.2) is 0 Å². The van der Waals surface area contributed by atoms with Gasteiger partial charge in [-0.05, 0) is 37.1 Å². The molecule has 0 aromatic heterocycles. The number of hydrogen-bond acceptors (Lipinski definition) is 4. The first-order valence-electron chi connectivity index (χ1n) is 9.33. The van der Waals surface area contributed by atoms with Crippen molar-refractivity contribution in [3.8, 4) is 0 Å². The van der Waals surface area contributed by atoms with Crippen molar-refractivity contribution < 1.29 is 14.4 Å². The van der Waals surface area contributed by atoms with Crippen molar-refractivity contribution >= 4 is 40.9 Å². The molecule has 0 unspecified atom stereocenters. The number of carbonyl (C=O) groups is 3. The average molecular weight is 395 g/mol. The van der Waals surface area contributed by atoms with Crippen LogP contribution in [-0.4, -0.2) is 41.0 Å². The van der Waals surface area contributed by atoms with E-state index in [1.165, 1.54) is 11.8 Å². The van der Waals surface area contributed by atoms with E-state index in [9.17, 15) is 14.4 Å². The number of anilines is 2. The van der Waals surface area contributed by atoms with Crippen LogP contribution in [0, 0.1) is 5.92 Å². The van der Waals surface area contributed by atoms with Gasteiger partial charge in [-0.1, -0.05) is 30.3 Å². The molecule has 0 aliphatic carbocycles. The van der Waals surface area contributed by atoms with Gasteiger partial charge in [0.15, 0.2) is 5.25 Å². The normalized spacial score (nSPS) is 19.5. The number of nitrogens with one attached hydrogen (secondary N) is 2. The Morgan fingerprint density at radius 3 is 2.43 bits per heavy atom. The van der Waals surface area contributed by atoms with E-state index in [4.69, 9.17) is 0 Å². The Balaban J connectivity index is 1.34. The Labute approximate surface area is 167 Å². The van der Waals surface area contributed by atoms with Crippen molar-refractivity contribution in [2.45, 2.75) is 23.0 Å². The minimum atomic E-state index is -0.774. The molecule has 0 radical (unpaired) electrons. The molecule has 1 saturated heterocycles. The fourth-order valence-corrected chi connectivity index (χ4v) is 4.58. The molecule has 0 spiro atoms. The first kappa shape index (κ1) is 18.6. The number of nitrogens with zero attached hydrogens (tertiary/aromatic N) is 1. The predicted octanol–water partition coefficient (Wildman–Crippen LogP) is 2.98. The first-order valence-corrected chi connectivity index (χ1v) is 10.2. The zero-order valence-electron chi connectivity index (χ0n) is 15.3. The van der Waals surface area contributed by atoms with Gasteiger partial charge in [-0.2, -0.15) is 0 Å². The summed E-state index contributed by atoms with van der Waals surface area (Å²) in [6.45, 7) is 0.968. The average Bonchev–Trinajstić information content (AvgIpc) is 2.73. The van der Waals surface area contributed by atoms with E-state index in [2.05, 4.69) is 10.6 Å². The monoisotopic (exact) mass is 395 g/mol. The van der Waals surface area contributed by atoms with Gasteiger partial charge in [-0.15, -0.1) is 11.8 Å². The number of fused-ring (bicyclic) bond motifs is 1. The summed E-state index contributed by atoms with van der Waals surface area (Å²) in [6.07, 6.45) is 1.19. The molecule has 0 bridgehead atoms. The molecule has 6 nitrogen and oxygen atoms in total. The molecule has 1 fully saturated rings. The van der Waals surface area contributed by atoms with E-state index >= 15 is 0 Å². The van der Waals surface area contributed by atoms with Crippen LogP contribution in [0.15, 0.2) is 59.5 Å². The van der Waals surface area contributed by atoms with Gasteiger partial charge >= 0.3 is 0 Å². The Hall–Kier alpha value is -2.80. The summed E-state index contributed by atoms with van der Waals surface area (Å²) in [5.41, 5.74) is 1.53. The molecule has 3 amide bonds. The molecule has 7 heteroatoms. The van der Waals surface area contributed by atoms with Crippen molar-refractivity contribution in [2.75, 3.05) is 23.7 Å². The van der Waals surface area contributed by atoms with Gasteiger partial charge in [0.2, 0.25) is 17.7 Å². The van der Waals surface area contributed by atoms with Crippen molar-refractivity contribution in [3.63, 3.8) is 0 Å². The summed E-state index contributed by atoms with van der Waals surface area (Å²) in [5, 5.41) is 4.97. The highest BCUT2D eigenvalue weighted by Crippen LogP contribution is 2.36. The van der Waals surface area contributed by atoms with Crippen molar-refractivity contribution in [2.24, 2.45) is 5.92 Å². The second-order valence-corrected chi connectivity index (χ2v) is 8.09. The van der Waals surface area contributed by atoms with E-state index in [1.54, 1.807) is 4.90 Å². The Bertz CT molecular complexity index is 895. The smallest absolute Gasteiger partial charge is 0.247 e. The minimum absolute atomic E-state index is 0.0167. The summed E-state index contributed by atoms with van der Waals surface area (Å²) in [7, 11) is 0. The van der Waals surface area contributed by atoms with Crippen LogP contribution < -0.4 is 10.6 Å². The maximum Gasteiger partial charge on any atom is 0.247 e. The molecular weight excluding hydrogens is 374 g/mol. The summed E-state index contributed by atoms with van der Waals surface area (Å²) >= 11 is 1.29. The third kappa shape index (κ3) is 3.89. The predicted molar refractivity (Wildman–Crippen MR) is 109 cm³/mol. The highest BCUT2D eigenvalue weighted by atomic mass is 32.2. The number of carbonyl (C=O) groups excluding carboxylic acids is 3. The first-order chi connectivity index (χ1) is 13.6. The van der Waals surface area contributed by atoms with Gasteiger partial charge in [0.05, 0.1) is 5.69 Å². The summed E-state index contributed by atoms with van der Waals surface area (Å²) in [6, 6.07) is 16.8. The molecule has 2 N–H and O–H groups in total. The highest BCUT2D eigenvalue weighted by molar-refractivity contribution is 8.01. The van der Waals surface area contributed by atoms with Crippen LogP contribution in [0.2, 0.25) is 0 Å². The molecular formula is C21H21N3O3S. The van der Waals surface area contributed by atoms with Crippen LogP contribution in [-0.2, 0) is 14.4 Å². The van der Waals surface area contributed by atoms with E-state index in [1.807, 2.05) is 54.6 Å². The number of para-hydroxylation sites is 2. The SMILES string of the molecule is O=C(Nc1ccccc1)C1CCN(C(=O)[C@@H]2Sc3ccccc3NC2=O)CC1. The van der Waals surface area contributed by atoms with Gasteiger partial charge in [0, 0.05) is 29.6 Å². The van der Waals surface area contributed by atoms with E-state index in [0.717, 1.165) is 16.3 Å². The van der Waals surface area contributed by atoms with Gasteiger partial charge in [0.1, 0.15) is 0 Å². The largest absolute Gasteiger partial charge is 0.341 e. The number of likely N-dealkylation sites (tertiary alicyclic amines) is 1. The van der Waals surface area contributed by atoms with Crippen molar-refractivity contribution in [1.82, 2.24) is 4.90 Å². The minimum Gasteiger partial charge on any atom is -0.341 e. The summed E-state index contributed by atoms with van der Waals surface area (Å²) in [5.74, 6) is -0.605. The summed E-state index contributed by atoms with van der Waals surface area (Å²) < 4.78 is 0. The number of benzene rings is 2. The van der Waals surface area contributed by atoms with Gasteiger partial charge < -0.3 is 15.5 Å². The van der Waals surface area contributed by atoms with Crippen LogP contribution in [0.3, 0.4) is 0 Å². The Morgan fingerprint density at radius 1 is 1.00 bits per heavy atom. The summed E-state index contributed by atoms with van der Waals surface area (Å²) in [4.78, 5) is 40.3. The molecule has 2 aromatic rings. The Kier molecular flexibility index (Phi) is 5.34. The molecule has 2 aliphatic rings. The van der Waals surface area contributed by atoms with Gasteiger partial charge in [0.25, 0.3) is 0 Å². The third-order valence-corrected chi connectivity index (χ3v) is 6.33. The molecule has 144 valence electrons. The van der Waals surface area contributed by atoms with Crippen LogP contribution in [0.4, 0.5) is 11.4 Å². The van der Waals surface area contributed by atoms with Gasteiger partial charge in [-0.3, -0.25) is 14.4 Å². The standard InChI is InChI=1S/C21H21N3O3S/c25-19(22-15-6-2-1-3-7-15)14-10-12-24(13-11-14)21(27)18-20(26)23-16-8-4-5-9-17(16)28-18/h1-9,14,18H,10-13H2,(H,22,25)(H,23,26)/t18-/m1/s1. The van der Waals surface area contributed by atoms with E-state index in [-0.39, 0.29) is 23.6 Å². The lowest BCUT2D eigenvalue weighted by atomic mass is 9.95. The number of amides is 3. The molecule has 0 saturated carbocycles. The fourth-order valence-electron chi connectivity index (χ4n) is 3.51. The zero-order chi connectivity index (χ0) is 19.5. The topological polar surface area (TPSA) is 78.5 Å². The van der Waals surface area contributed by atoms with E-state index in [0.29, 0.717) is 25.9 Å². The lowest BCUT2D eigenvalue weighted by Gasteiger charge is -2.34. The number of hydrogen-bond donors (Lipinski definition) is 2. The maximum absolute atomic E-state index is 12.9. The van der Waals surface area contributed by atoms with Crippen LogP contribution in [0.1, 0.15) is 12.8 Å². The molecule has 2 heterocycles. The van der Waals surface area contributed by atoms with Crippen LogP contribution in [0.5, 0.6) is 0 Å². The molecule has 2 aromatic carbocycles. The fraction of sp³-hybridized carbons (Fsp3) is 0.286. The maximum atomic E-state index is 12.9. The van der Waals surface area contributed by atoms with Crippen molar-refractivity contribution in [3.05, 3.63) is 54.6 Å². The molecule has 4 rings (SSSR count). The van der Waals surface area contributed by atoms with Crippen LogP contribution in [0.25, 0.3) is 0 Å². The number of thioether (sulfide) groups is 1. The molecule has 1 atom stereocenters. The lowest BCUT2D eigenvalue weighted by molar-refractivity contribution is -0.136. The molecule has 28 heavy (non-hydrogen) atoms. The molecule has 2 aliphatic heterocycles. The highest BCUT2D eigenvalue weighted by Gasteiger charge is 2.37. The number of piperidine rings is 1. The lowest BCUT2D eigenvalue weighted by Crippen LogP contribution is -2.48. The zero-order valence-corrected chi connectivity index (χ0v) is 16.1. The van der Waals surface area contributed by atoms with Crippen LogP contribution >= 0.6 is 11.8 Å². The third-order valence-electron chi connectivity index (χ3n) is 5.07.